The lowest BCUT2D eigenvalue weighted by Gasteiger charge is -2.29. The van der Waals surface area contributed by atoms with Gasteiger partial charge in [0.2, 0.25) is 5.89 Å². The predicted octanol–water partition coefficient (Wildman–Crippen LogP) is 2.78. The van der Waals surface area contributed by atoms with Crippen LogP contribution in [0.15, 0.2) is 51.9 Å². The number of benzene rings is 2. The number of carbonyl (C=O) groups is 1. The highest BCUT2D eigenvalue weighted by molar-refractivity contribution is 7.92. The first-order valence-electron chi connectivity index (χ1n) is 10.4. The molecule has 1 amide bonds. The van der Waals surface area contributed by atoms with Gasteiger partial charge < -0.3 is 14.0 Å². The van der Waals surface area contributed by atoms with Crippen LogP contribution in [0.1, 0.15) is 25.6 Å². The van der Waals surface area contributed by atoms with Crippen LogP contribution in [0.5, 0.6) is 11.5 Å². The van der Waals surface area contributed by atoms with Gasteiger partial charge >= 0.3 is 0 Å². The summed E-state index contributed by atoms with van der Waals surface area (Å²) < 4.78 is 43.9. The third-order valence-electron chi connectivity index (χ3n) is 5.16. The molecule has 1 aromatic heterocycles. The molecule has 0 bridgehead atoms. The van der Waals surface area contributed by atoms with Crippen molar-refractivity contribution in [3.8, 4) is 11.5 Å². The Kier molecular flexibility index (Phi) is 6.23. The Labute approximate surface area is 191 Å². The number of aryl methyl sites for hydroxylation is 1. The number of carbonyl (C=O) groups excluding carboxylic acids is 1. The van der Waals surface area contributed by atoms with Crippen molar-refractivity contribution in [1.29, 1.82) is 0 Å². The van der Waals surface area contributed by atoms with Crippen LogP contribution in [0, 0.1) is 0 Å². The lowest BCUT2D eigenvalue weighted by atomic mass is 10.2. The average Bonchev–Trinajstić information content (AvgIpc) is 3.28. The van der Waals surface area contributed by atoms with Crippen molar-refractivity contribution < 1.29 is 27.2 Å². The second-order valence-electron chi connectivity index (χ2n) is 7.26. The third kappa shape index (κ3) is 4.49. The molecule has 4 rings (SSSR count). The molecule has 3 aromatic rings. The van der Waals surface area contributed by atoms with Crippen LogP contribution in [0.2, 0.25) is 0 Å². The monoisotopic (exact) mass is 472 g/mol. The number of amides is 1. The van der Waals surface area contributed by atoms with E-state index in [1.165, 1.54) is 28.4 Å². The van der Waals surface area contributed by atoms with Crippen molar-refractivity contribution >= 4 is 27.3 Å². The summed E-state index contributed by atoms with van der Waals surface area (Å²) >= 11 is 0. The van der Waals surface area contributed by atoms with Crippen molar-refractivity contribution in [2.24, 2.45) is 0 Å². The summed E-state index contributed by atoms with van der Waals surface area (Å²) in [5.41, 5.74) is 0.800. The first kappa shape index (κ1) is 22.6. The summed E-state index contributed by atoms with van der Waals surface area (Å²) in [6, 6.07) is 11.2. The van der Waals surface area contributed by atoms with E-state index in [9.17, 15) is 13.2 Å². The molecule has 0 saturated heterocycles. The molecule has 10 nitrogen and oxygen atoms in total. The van der Waals surface area contributed by atoms with Gasteiger partial charge in [-0.25, -0.2) is 8.42 Å². The van der Waals surface area contributed by atoms with E-state index >= 15 is 0 Å². The van der Waals surface area contributed by atoms with Crippen LogP contribution in [-0.4, -0.2) is 44.7 Å². The molecular formula is C22H24N4O6S. The van der Waals surface area contributed by atoms with Crippen LogP contribution >= 0.6 is 0 Å². The van der Waals surface area contributed by atoms with Gasteiger partial charge in [0.15, 0.2) is 12.4 Å². The maximum Gasteiger partial charge on any atom is 0.265 e. The number of hydrogen-bond acceptors (Lipinski definition) is 8. The number of rotatable bonds is 8. The zero-order valence-corrected chi connectivity index (χ0v) is 19.3. The highest BCUT2D eigenvalue weighted by Gasteiger charge is 2.30. The molecular weight excluding hydrogens is 448 g/mol. The van der Waals surface area contributed by atoms with E-state index in [0.29, 0.717) is 47.6 Å². The van der Waals surface area contributed by atoms with E-state index in [1.54, 1.807) is 30.3 Å². The van der Waals surface area contributed by atoms with Crippen molar-refractivity contribution in [3.05, 3.63) is 54.2 Å². The maximum absolute atomic E-state index is 13.3. The maximum atomic E-state index is 13.3. The minimum Gasteiger partial charge on any atom is -0.494 e. The Morgan fingerprint density at radius 3 is 2.58 bits per heavy atom. The fourth-order valence-corrected chi connectivity index (χ4v) is 4.59. The number of nitrogens with zero attached hydrogens (tertiary/aromatic N) is 4. The van der Waals surface area contributed by atoms with Crippen LogP contribution < -0.4 is 18.7 Å². The molecule has 11 heteroatoms. The van der Waals surface area contributed by atoms with E-state index < -0.39 is 10.0 Å². The molecule has 0 saturated carbocycles. The molecule has 0 spiro atoms. The highest BCUT2D eigenvalue weighted by Crippen LogP contribution is 2.36. The van der Waals surface area contributed by atoms with Gasteiger partial charge in [-0.15, -0.1) is 0 Å². The smallest absolute Gasteiger partial charge is 0.265 e. The van der Waals surface area contributed by atoms with Crippen molar-refractivity contribution in [3.63, 3.8) is 0 Å². The largest absolute Gasteiger partial charge is 0.494 e. The summed E-state index contributed by atoms with van der Waals surface area (Å²) in [6.45, 7) is 4.15. The average molecular weight is 473 g/mol. The highest BCUT2D eigenvalue weighted by atomic mass is 32.2. The van der Waals surface area contributed by atoms with Gasteiger partial charge in [-0.3, -0.25) is 14.0 Å². The Morgan fingerprint density at radius 1 is 1.15 bits per heavy atom. The number of hydrogen-bond donors (Lipinski definition) is 0. The minimum absolute atomic E-state index is 0.0169. The topological polar surface area (TPSA) is 115 Å². The molecule has 2 heterocycles. The molecule has 174 valence electrons. The molecule has 1 aliphatic heterocycles. The molecule has 0 aliphatic carbocycles. The molecule has 33 heavy (non-hydrogen) atoms. The number of aromatic nitrogens is 2. The van der Waals surface area contributed by atoms with Gasteiger partial charge in [0.25, 0.3) is 15.9 Å². The lowest BCUT2D eigenvalue weighted by Crippen LogP contribution is -2.38. The van der Waals surface area contributed by atoms with E-state index in [0.717, 1.165) is 0 Å². The van der Waals surface area contributed by atoms with Crippen LogP contribution in [-0.2, 0) is 27.8 Å². The van der Waals surface area contributed by atoms with Crippen molar-refractivity contribution in [2.75, 3.05) is 29.5 Å². The molecule has 0 fully saturated rings. The van der Waals surface area contributed by atoms with Gasteiger partial charge in [0.1, 0.15) is 11.5 Å². The molecule has 0 atom stereocenters. The van der Waals surface area contributed by atoms with Gasteiger partial charge in [0.05, 0.1) is 29.4 Å². The summed E-state index contributed by atoms with van der Waals surface area (Å²) in [5, 5.41) is 3.89. The third-order valence-corrected chi connectivity index (χ3v) is 6.94. The number of fused-ring (bicyclic) bond motifs is 1. The van der Waals surface area contributed by atoms with Gasteiger partial charge in [-0.1, -0.05) is 12.1 Å². The molecule has 1 aliphatic rings. The normalized spacial score (nSPS) is 13.4. The quantitative estimate of drug-likeness (QED) is 0.492. The first-order chi connectivity index (χ1) is 15.8. The fraction of sp³-hybridized carbons (Fsp3) is 0.318. The molecule has 0 N–H and O–H groups in total. The predicted molar refractivity (Wildman–Crippen MR) is 120 cm³/mol. The van der Waals surface area contributed by atoms with E-state index in [4.69, 9.17) is 14.0 Å². The zero-order valence-electron chi connectivity index (χ0n) is 18.5. The number of sulfonamides is 1. The van der Waals surface area contributed by atoms with E-state index in [1.807, 2.05) is 13.8 Å². The summed E-state index contributed by atoms with van der Waals surface area (Å²) in [5.74, 6) is 1.50. The standard InChI is InChI=1S/C22H24N4O6S/c1-4-21-23-20(24-32-21)13-26-18-12-17(10-11-19(18)31-14-22(26)27)33(28,29)25(3)15-6-8-16(9-7-15)30-5-2/h6-12H,4-5,13-14H2,1-3H3. The lowest BCUT2D eigenvalue weighted by molar-refractivity contribution is -0.121. The Balaban J connectivity index is 1.65. The van der Waals surface area contributed by atoms with Crippen LogP contribution in [0.3, 0.4) is 0 Å². The summed E-state index contributed by atoms with van der Waals surface area (Å²) in [4.78, 5) is 18.2. The molecule has 2 aromatic carbocycles. The number of anilines is 2. The second-order valence-corrected chi connectivity index (χ2v) is 9.22. The molecule has 0 unspecified atom stereocenters. The van der Waals surface area contributed by atoms with Crippen LogP contribution in [0.4, 0.5) is 11.4 Å². The van der Waals surface area contributed by atoms with Gasteiger partial charge in [0, 0.05) is 13.5 Å². The fourth-order valence-electron chi connectivity index (χ4n) is 3.37. The second kappa shape index (κ2) is 9.10. The van der Waals surface area contributed by atoms with Crippen molar-refractivity contribution in [1.82, 2.24) is 10.1 Å². The van der Waals surface area contributed by atoms with Gasteiger partial charge in [-0.2, -0.15) is 4.98 Å². The molecule has 0 radical (unpaired) electrons. The summed E-state index contributed by atoms with van der Waals surface area (Å²) in [6.07, 6.45) is 0.570. The van der Waals surface area contributed by atoms with Crippen LogP contribution in [0.25, 0.3) is 0 Å². The number of ether oxygens (including phenoxy) is 2. The first-order valence-corrected chi connectivity index (χ1v) is 11.9. The Bertz CT molecular complexity index is 1260. The van der Waals surface area contributed by atoms with E-state index in [-0.39, 0.29) is 24.0 Å². The Morgan fingerprint density at radius 2 is 1.91 bits per heavy atom. The summed E-state index contributed by atoms with van der Waals surface area (Å²) in [7, 11) is -2.45. The minimum atomic E-state index is -3.92. The van der Waals surface area contributed by atoms with Crippen molar-refractivity contribution in [2.45, 2.75) is 31.7 Å². The zero-order chi connectivity index (χ0) is 23.6. The van der Waals surface area contributed by atoms with E-state index in [2.05, 4.69) is 10.1 Å². The SMILES string of the molecule is CCOc1ccc(N(C)S(=O)(=O)c2ccc3c(c2)N(Cc2noc(CC)n2)C(=O)CO3)cc1. The Hall–Kier alpha value is -3.60. The van der Waals surface area contributed by atoms with Gasteiger partial charge in [-0.05, 0) is 49.4 Å².